The van der Waals surface area contributed by atoms with Gasteiger partial charge in [0.05, 0.1) is 0 Å². The molecule has 0 fully saturated rings. The lowest BCUT2D eigenvalue weighted by molar-refractivity contribution is 0.512. The molecule has 0 radical (unpaired) electrons. The average Bonchev–Trinajstić information content (AvgIpc) is 3.37. The second-order valence-corrected chi connectivity index (χ2v) is 20.4. The Bertz CT molecular complexity index is 3350. The van der Waals surface area contributed by atoms with Crippen LogP contribution in [0.5, 0.6) is 0 Å². The number of halogens is 6. The molecule has 0 aliphatic carbocycles. The third-order valence-corrected chi connectivity index (χ3v) is 17.8. The van der Waals surface area contributed by atoms with Crippen LogP contribution in [0.1, 0.15) is 0 Å². The normalized spacial score (nSPS) is 11.5. The minimum absolute atomic E-state index is 0.135. The van der Waals surface area contributed by atoms with Gasteiger partial charge in [-0.1, -0.05) is 146 Å². The SMILES string of the molecule is O=P(c1ccccc1)(c1ccccc1)c1ccc(-c2c(F)c(F)c(-c3ccc(-c4ccc(-c5nc(-c6ccc(F)cc6)nc(-c6ccc(F)cc6)n5)cc4)c4ccccc34)c(I)c2I)cc1. The number of hydrogen-bond acceptors (Lipinski definition) is 4. The third kappa shape index (κ3) is 8.05. The molecule has 0 bridgehead atoms. The van der Waals surface area contributed by atoms with Crippen LogP contribution in [0.25, 0.3) is 78.3 Å². The van der Waals surface area contributed by atoms with Crippen LogP contribution in [0.15, 0.2) is 194 Å². The van der Waals surface area contributed by atoms with Crippen molar-refractivity contribution in [2.45, 2.75) is 0 Å². The molecule has 0 N–H and O–H groups in total. The van der Waals surface area contributed by atoms with Gasteiger partial charge >= 0.3 is 0 Å². The van der Waals surface area contributed by atoms with E-state index < -0.39 is 30.4 Å². The number of benzene rings is 9. The zero-order chi connectivity index (χ0) is 45.5. The lowest BCUT2D eigenvalue weighted by Crippen LogP contribution is -2.24. The number of rotatable bonds is 9. The van der Waals surface area contributed by atoms with Gasteiger partial charge in [-0.25, -0.2) is 32.5 Å². The Morgan fingerprint density at radius 1 is 0.348 bits per heavy atom. The maximum absolute atomic E-state index is 16.8. The quantitative estimate of drug-likeness (QED) is 0.0625. The van der Waals surface area contributed by atoms with Crippen molar-refractivity contribution in [1.29, 1.82) is 0 Å². The Morgan fingerprint density at radius 3 is 1.18 bits per heavy atom. The van der Waals surface area contributed by atoms with Crippen LogP contribution in [0, 0.1) is 30.4 Å². The van der Waals surface area contributed by atoms with E-state index in [0.29, 0.717) is 68.3 Å². The first-order valence-corrected chi connectivity index (χ1v) is 24.5. The van der Waals surface area contributed by atoms with Crippen molar-refractivity contribution in [1.82, 2.24) is 15.0 Å². The van der Waals surface area contributed by atoms with Crippen molar-refractivity contribution in [3.8, 4) is 67.5 Å². The van der Waals surface area contributed by atoms with Gasteiger partial charge < -0.3 is 4.57 Å². The molecule has 10 aromatic rings. The molecule has 0 saturated heterocycles. The minimum atomic E-state index is -3.27. The monoisotopic (exact) mass is 1110 g/mol. The van der Waals surface area contributed by atoms with Gasteiger partial charge in [-0.3, -0.25) is 0 Å². The van der Waals surface area contributed by atoms with Gasteiger partial charge in [-0.05, 0) is 127 Å². The highest BCUT2D eigenvalue weighted by molar-refractivity contribution is 14.1. The molecule has 4 nitrogen and oxygen atoms in total. The van der Waals surface area contributed by atoms with Gasteiger partial charge in [-0.2, -0.15) is 0 Å². The predicted molar refractivity (Wildman–Crippen MR) is 275 cm³/mol. The van der Waals surface area contributed by atoms with Crippen LogP contribution in [0.3, 0.4) is 0 Å². The van der Waals surface area contributed by atoms with E-state index in [-0.39, 0.29) is 11.1 Å². The summed E-state index contributed by atoms with van der Waals surface area (Å²) in [6.45, 7) is 0. The number of nitrogens with zero attached hydrogens (tertiary/aromatic N) is 3. The lowest BCUT2D eigenvalue weighted by Gasteiger charge is -2.21. The molecular weight excluding hydrogens is 1080 g/mol. The summed E-state index contributed by atoms with van der Waals surface area (Å²) < 4.78 is 77.2. The molecule has 1 heterocycles. The van der Waals surface area contributed by atoms with E-state index in [2.05, 4.69) is 50.2 Å². The summed E-state index contributed by atoms with van der Waals surface area (Å²) in [5.41, 5.74) is 4.92. The third-order valence-electron chi connectivity index (χ3n) is 11.5. The molecule has 10 rings (SSSR count). The van der Waals surface area contributed by atoms with Crippen molar-refractivity contribution >= 4 is 79.0 Å². The number of fused-ring (bicyclic) bond motifs is 1. The molecule has 0 saturated carbocycles. The molecule has 320 valence electrons. The summed E-state index contributed by atoms with van der Waals surface area (Å²) in [6.07, 6.45) is 0. The molecule has 1 aromatic heterocycles. The van der Waals surface area contributed by atoms with Gasteiger partial charge in [0.2, 0.25) is 0 Å². The maximum Gasteiger partial charge on any atom is 0.171 e. The first-order chi connectivity index (χ1) is 32.1. The van der Waals surface area contributed by atoms with E-state index in [4.69, 9.17) is 9.97 Å². The Labute approximate surface area is 405 Å². The van der Waals surface area contributed by atoms with Crippen molar-refractivity contribution < 1.29 is 22.1 Å². The van der Waals surface area contributed by atoms with E-state index in [1.165, 1.54) is 24.3 Å². The zero-order valence-corrected chi connectivity index (χ0v) is 39.6. The summed E-state index contributed by atoms with van der Waals surface area (Å²) in [7, 11) is -3.27. The summed E-state index contributed by atoms with van der Waals surface area (Å²) in [5, 5.41) is 3.53. The van der Waals surface area contributed by atoms with Crippen LogP contribution in [0.2, 0.25) is 0 Å². The van der Waals surface area contributed by atoms with Gasteiger partial charge in [0.25, 0.3) is 0 Å². The van der Waals surface area contributed by atoms with Crippen molar-refractivity contribution in [2.75, 3.05) is 0 Å². The van der Waals surface area contributed by atoms with Crippen LogP contribution in [-0.2, 0) is 4.57 Å². The van der Waals surface area contributed by atoms with E-state index in [1.807, 2.05) is 121 Å². The smallest absolute Gasteiger partial charge is 0.171 e. The van der Waals surface area contributed by atoms with Gasteiger partial charge in [0.1, 0.15) is 11.6 Å². The topological polar surface area (TPSA) is 55.7 Å². The second-order valence-electron chi connectivity index (χ2n) is 15.4. The summed E-state index contributed by atoms with van der Waals surface area (Å²) in [4.78, 5) is 14.1. The minimum Gasteiger partial charge on any atom is -0.309 e. The Morgan fingerprint density at radius 2 is 0.697 bits per heavy atom. The zero-order valence-electron chi connectivity index (χ0n) is 34.4. The van der Waals surface area contributed by atoms with E-state index in [1.54, 1.807) is 48.5 Å². The van der Waals surface area contributed by atoms with Gasteiger partial charge in [0.15, 0.2) is 36.2 Å². The number of aromatic nitrogens is 3. The molecule has 9 aromatic carbocycles. The molecule has 0 atom stereocenters. The largest absolute Gasteiger partial charge is 0.309 e. The maximum atomic E-state index is 16.8. The Kier molecular flexibility index (Phi) is 12.0. The van der Waals surface area contributed by atoms with Crippen molar-refractivity contribution in [3.63, 3.8) is 0 Å². The molecule has 0 aliphatic heterocycles. The fourth-order valence-electron chi connectivity index (χ4n) is 8.21. The van der Waals surface area contributed by atoms with Crippen molar-refractivity contribution in [3.05, 3.63) is 225 Å². The fraction of sp³-hybridized carbons (Fsp3) is 0. The van der Waals surface area contributed by atoms with Crippen molar-refractivity contribution in [2.24, 2.45) is 0 Å². The molecule has 66 heavy (non-hydrogen) atoms. The van der Waals surface area contributed by atoms with Crippen LogP contribution < -0.4 is 15.9 Å². The molecular formula is C55H32F4I2N3OP. The van der Waals surface area contributed by atoms with E-state index in [0.717, 1.165) is 21.9 Å². The molecule has 0 unspecified atom stereocenters. The van der Waals surface area contributed by atoms with Gasteiger partial charge in [-0.15, -0.1) is 0 Å². The molecule has 11 heteroatoms. The van der Waals surface area contributed by atoms with Crippen LogP contribution in [-0.4, -0.2) is 15.0 Å². The summed E-state index contributed by atoms with van der Waals surface area (Å²) in [5.74, 6) is -1.67. The highest BCUT2D eigenvalue weighted by atomic mass is 127. The van der Waals surface area contributed by atoms with E-state index >= 15 is 8.78 Å². The molecule has 0 aliphatic rings. The second kappa shape index (κ2) is 18.1. The highest BCUT2D eigenvalue weighted by Crippen LogP contribution is 2.46. The number of hydrogen-bond donors (Lipinski definition) is 0. The van der Waals surface area contributed by atoms with E-state index in [9.17, 15) is 13.3 Å². The summed E-state index contributed by atoms with van der Waals surface area (Å²) in [6, 6.07) is 56.4. The lowest BCUT2D eigenvalue weighted by atomic mass is 9.90. The molecule has 0 spiro atoms. The molecule has 0 amide bonds. The predicted octanol–water partition coefficient (Wildman–Crippen LogP) is 14.4. The highest BCUT2D eigenvalue weighted by Gasteiger charge is 2.31. The standard InChI is InChI=1S/C55H32F4I2N3OP/c56-38-25-19-36(20-26-38)54-62-53(63-55(64-54)37-21-27-39(57)28-22-37)35-17-15-33(16-18-35)43-31-32-46(45-14-8-7-13-44(43)45)48-50(59)49(58)47(51(60)52(48)61)34-23-29-42(30-24-34)66(65,40-9-3-1-4-10-40)41-11-5-2-6-12-41/h1-32H. The average molecular weight is 1110 g/mol. The Hall–Kier alpha value is -6.34. The van der Waals surface area contributed by atoms with Crippen LogP contribution >= 0.6 is 52.3 Å². The fourth-order valence-corrected chi connectivity index (χ4v) is 12.5. The van der Waals surface area contributed by atoms with Gasteiger partial charge in [0, 0.05) is 50.9 Å². The summed E-state index contributed by atoms with van der Waals surface area (Å²) >= 11 is 4.20. The first-order valence-electron chi connectivity index (χ1n) is 20.7. The van der Waals surface area contributed by atoms with Crippen LogP contribution in [0.4, 0.5) is 17.6 Å². The first kappa shape index (κ1) is 43.5. The Balaban J connectivity index is 1.00.